The Balaban J connectivity index is 2.45. The van der Waals surface area contributed by atoms with Crippen molar-refractivity contribution in [3.8, 4) is 5.75 Å². The Morgan fingerprint density at radius 3 is 2.70 bits per heavy atom. The summed E-state index contributed by atoms with van der Waals surface area (Å²) in [6.45, 7) is 7.91. The SMILES string of the molecule is CCOc1cc2c(cnn2C(=O)OC(C)(C)C)cc1Br. The quantitative estimate of drug-likeness (QED) is 0.829. The number of halogens is 1. The van der Waals surface area contributed by atoms with Gasteiger partial charge in [0, 0.05) is 11.5 Å². The van der Waals surface area contributed by atoms with Crippen molar-refractivity contribution in [2.75, 3.05) is 6.61 Å². The molecule has 0 spiro atoms. The number of nitrogens with zero attached hydrogens (tertiary/aromatic N) is 2. The van der Waals surface area contributed by atoms with Gasteiger partial charge in [0.15, 0.2) is 0 Å². The van der Waals surface area contributed by atoms with Gasteiger partial charge in [-0.25, -0.2) is 4.79 Å². The minimum atomic E-state index is -0.562. The second-order valence-electron chi connectivity index (χ2n) is 5.31. The fraction of sp³-hybridized carbons (Fsp3) is 0.429. The summed E-state index contributed by atoms with van der Waals surface area (Å²) < 4.78 is 12.9. The highest BCUT2D eigenvalue weighted by Gasteiger charge is 2.20. The molecule has 0 atom stereocenters. The van der Waals surface area contributed by atoms with Crippen molar-refractivity contribution >= 4 is 32.9 Å². The first kappa shape index (κ1) is 14.8. The van der Waals surface area contributed by atoms with Gasteiger partial charge in [-0.3, -0.25) is 0 Å². The van der Waals surface area contributed by atoms with Gasteiger partial charge in [0.25, 0.3) is 0 Å². The van der Waals surface area contributed by atoms with Crippen LogP contribution in [0.15, 0.2) is 22.8 Å². The molecule has 0 aliphatic carbocycles. The fourth-order valence-corrected chi connectivity index (χ4v) is 2.22. The lowest BCUT2D eigenvalue weighted by atomic mass is 10.2. The summed E-state index contributed by atoms with van der Waals surface area (Å²) in [5, 5.41) is 4.93. The highest BCUT2D eigenvalue weighted by atomic mass is 79.9. The monoisotopic (exact) mass is 340 g/mol. The predicted octanol–water partition coefficient (Wildman–Crippen LogP) is 3.98. The average Bonchev–Trinajstić information content (AvgIpc) is 2.70. The van der Waals surface area contributed by atoms with Crippen LogP contribution in [-0.4, -0.2) is 28.1 Å². The third kappa shape index (κ3) is 3.12. The molecule has 2 rings (SSSR count). The summed E-state index contributed by atoms with van der Waals surface area (Å²) in [5.41, 5.74) is 0.0962. The number of carbonyl (C=O) groups is 1. The number of ether oxygens (including phenoxy) is 2. The Bertz CT molecular complexity index is 644. The van der Waals surface area contributed by atoms with Crippen LogP contribution in [0, 0.1) is 0 Å². The first-order chi connectivity index (χ1) is 9.31. The van der Waals surface area contributed by atoms with E-state index in [1.165, 1.54) is 4.68 Å². The number of rotatable bonds is 2. The minimum Gasteiger partial charge on any atom is -0.493 e. The van der Waals surface area contributed by atoms with E-state index in [9.17, 15) is 4.79 Å². The summed E-state index contributed by atoms with van der Waals surface area (Å²) in [5.74, 6) is 0.672. The molecule has 1 aromatic carbocycles. The molecule has 2 aromatic rings. The first-order valence-electron chi connectivity index (χ1n) is 6.35. The smallest absolute Gasteiger partial charge is 0.435 e. The summed E-state index contributed by atoms with van der Waals surface area (Å²) in [7, 11) is 0. The lowest BCUT2D eigenvalue weighted by molar-refractivity contribution is 0.0523. The number of benzene rings is 1. The molecular weight excluding hydrogens is 324 g/mol. The van der Waals surface area contributed by atoms with Gasteiger partial charge in [0.2, 0.25) is 0 Å². The van der Waals surface area contributed by atoms with Crippen molar-refractivity contribution in [1.29, 1.82) is 0 Å². The molecule has 20 heavy (non-hydrogen) atoms. The molecule has 0 saturated carbocycles. The third-order valence-corrected chi connectivity index (χ3v) is 3.11. The Morgan fingerprint density at radius 2 is 2.10 bits per heavy atom. The Morgan fingerprint density at radius 1 is 1.40 bits per heavy atom. The van der Waals surface area contributed by atoms with E-state index in [1.807, 2.05) is 33.8 Å². The normalized spacial score (nSPS) is 11.7. The summed E-state index contributed by atoms with van der Waals surface area (Å²) in [6, 6.07) is 3.65. The number of hydrogen-bond donors (Lipinski definition) is 0. The molecule has 1 heterocycles. The third-order valence-electron chi connectivity index (χ3n) is 2.49. The Hall–Kier alpha value is -1.56. The number of aromatic nitrogens is 2. The van der Waals surface area contributed by atoms with E-state index in [1.54, 1.807) is 12.3 Å². The lowest BCUT2D eigenvalue weighted by Crippen LogP contribution is -2.27. The zero-order chi connectivity index (χ0) is 14.9. The van der Waals surface area contributed by atoms with Crippen molar-refractivity contribution in [2.24, 2.45) is 0 Å². The van der Waals surface area contributed by atoms with E-state index in [2.05, 4.69) is 21.0 Å². The van der Waals surface area contributed by atoms with Gasteiger partial charge in [-0.15, -0.1) is 0 Å². The van der Waals surface area contributed by atoms with Crippen LogP contribution >= 0.6 is 15.9 Å². The first-order valence-corrected chi connectivity index (χ1v) is 7.14. The van der Waals surface area contributed by atoms with Gasteiger partial charge in [-0.05, 0) is 49.7 Å². The topological polar surface area (TPSA) is 53.4 Å². The van der Waals surface area contributed by atoms with Crippen LogP contribution in [0.1, 0.15) is 27.7 Å². The van der Waals surface area contributed by atoms with E-state index < -0.39 is 11.7 Å². The number of carbonyl (C=O) groups excluding carboxylic acids is 1. The lowest BCUT2D eigenvalue weighted by Gasteiger charge is -2.19. The van der Waals surface area contributed by atoms with Gasteiger partial charge in [-0.2, -0.15) is 9.78 Å². The highest BCUT2D eigenvalue weighted by Crippen LogP contribution is 2.30. The fourth-order valence-electron chi connectivity index (χ4n) is 1.74. The van der Waals surface area contributed by atoms with Gasteiger partial charge >= 0.3 is 6.09 Å². The maximum absolute atomic E-state index is 12.1. The van der Waals surface area contributed by atoms with Gasteiger partial charge < -0.3 is 9.47 Å². The van der Waals surface area contributed by atoms with Crippen molar-refractivity contribution in [3.63, 3.8) is 0 Å². The molecule has 0 aliphatic rings. The van der Waals surface area contributed by atoms with Gasteiger partial charge in [0.1, 0.15) is 11.4 Å². The van der Waals surface area contributed by atoms with E-state index in [0.717, 1.165) is 9.86 Å². The number of fused-ring (bicyclic) bond motifs is 1. The molecule has 108 valence electrons. The molecule has 0 aliphatic heterocycles. The second-order valence-corrected chi connectivity index (χ2v) is 6.17. The van der Waals surface area contributed by atoms with Crippen LogP contribution < -0.4 is 4.74 Å². The minimum absolute atomic E-state index is 0.503. The molecule has 5 nitrogen and oxygen atoms in total. The van der Waals surface area contributed by atoms with Crippen molar-refractivity contribution in [1.82, 2.24) is 9.78 Å². The summed E-state index contributed by atoms with van der Waals surface area (Å²) in [6.07, 6.45) is 1.12. The van der Waals surface area contributed by atoms with Crippen LogP contribution in [0.2, 0.25) is 0 Å². The molecule has 0 N–H and O–H groups in total. The predicted molar refractivity (Wildman–Crippen MR) is 80.2 cm³/mol. The summed E-state index contributed by atoms with van der Waals surface area (Å²) >= 11 is 3.44. The number of hydrogen-bond acceptors (Lipinski definition) is 4. The van der Waals surface area contributed by atoms with Crippen molar-refractivity contribution in [3.05, 3.63) is 22.8 Å². The van der Waals surface area contributed by atoms with E-state index in [-0.39, 0.29) is 0 Å². The van der Waals surface area contributed by atoms with Crippen LogP contribution in [0.4, 0.5) is 4.79 Å². The zero-order valence-corrected chi connectivity index (χ0v) is 13.5. The van der Waals surface area contributed by atoms with Gasteiger partial charge in [0.05, 0.1) is 22.8 Å². The molecule has 6 heteroatoms. The van der Waals surface area contributed by atoms with Crippen molar-refractivity contribution < 1.29 is 14.3 Å². The average molecular weight is 341 g/mol. The van der Waals surface area contributed by atoms with Crippen molar-refractivity contribution in [2.45, 2.75) is 33.3 Å². The molecule has 0 radical (unpaired) electrons. The maximum Gasteiger partial charge on any atom is 0.435 e. The Labute approximate surface area is 126 Å². The summed E-state index contributed by atoms with van der Waals surface area (Å²) in [4.78, 5) is 12.1. The molecule has 1 aromatic heterocycles. The Kier molecular flexibility index (Phi) is 4.04. The van der Waals surface area contributed by atoms with Crippen LogP contribution in [-0.2, 0) is 4.74 Å². The second kappa shape index (κ2) is 5.44. The van der Waals surface area contributed by atoms with Gasteiger partial charge in [-0.1, -0.05) is 0 Å². The van der Waals surface area contributed by atoms with E-state index in [0.29, 0.717) is 17.9 Å². The molecule has 0 saturated heterocycles. The molecular formula is C14H17BrN2O3. The van der Waals surface area contributed by atoms with E-state index in [4.69, 9.17) is 9.47 Å². The molecule has 0 bridgehead atoms. The van der Waals surface area contributed by atoms with Crippen LogP contribution in [0.5, 0.6) is 5.75 Å². The standard InChI is InChI=1S/C14H17BrN2O3/c1-5-19-12-7-11-9(6-10(12)15)8-16-17(11)13(18)20-14(2,3)4/h6-8H,5H2,1-4H3. The van der Waals surface area contributed by atoms with E-state index >= 15 is 0 Å². The zero-order valence-electron chi connectivity index (χ0n) is 11.9. The van der Waals surface area contributed by atoms with Crippen LogP contribution in [0.3, 0.4) is 0 Å². The van der Waals surface area contributed by atoms with Crippen LogP contribution in [0.25, 0.3) is 10.9 Å². The largest absolute Gasteiger partial charge is 0.493 e. The molecule has 0 amide bonds. The molecule has 0 fully saturated rings. The maximum atomic E-state index is 12.1. The highest BCUT2D eigenvalue weighted by molar-refractivity contribution is 9.10. The molecule has 0 unspecified atom stereocenters.